The van der Waals surface area contributed by atoms with E-state index >= 15 is 0 Å². The first kappa shape index (κ1) is 6.47. The standard InChI is InChI=1S/C12H12/c1-2-8-9-5-3-4-6-10(9)12-7-11(8)12/h2-6,11-12H,7H2,1H3/b8-2-/t11-,12+/m1/s1. The van der Waals surface area contributed by atoms with Crippen molar-refractivity contribution in [3.8, 4) is 0 Å². The second-order valence-corrected chi connectivity index (χ2v) is 3.78. The molecule has 0 saturated heterocycles. The van der Waals surface area contributed by atoms with E-state index in [9.17, 15) is 0 Å². The minimum absolute atomic E-state index is 0.882. The first-order chi connectivity index (χ1) is 5.92. The van der Waals surface area contributed by atoms with Crippen LogP contribution in [0.5, 0.6) is 0 Å². The largest absolute Gasteiger partial charge is 0.0835 e. The lowest BCUT2D eigenvalue weighted by Crippen LogP contribution is -1.83. The van der Waals surface area contributed by atoms with Crippen LogP contribution in [-0.2, 0) is 0 Å². The smallest absolute Gasteiger partial charge is 0.00807 e. The fourth-order valence-electron chi connectivity index (χ4n) is 2.53. The van der Waals surface area contributed by atoms with Crippen molar-refractivity contribution in [1.82, 2.24) is 0 Å². The summed E-state index contributed by atoms with van der Waals surface area (Å²) >= 11 is 0. The van der Waals surface area contributed by atoms with Gasteiger partial charge in [0.1, 0.15) is 0 Å². The highest BCUT2D eigenvalue weighted by atomic mass is 14.5. The van der Waals surface area contributed by atoms with Gasteiger partial charge >= 0.3 is 0 Å². The summed E-state index contributed by atoms with van der Waals surface area (Å²) in [5, 5.41) is 0. The summed E-state index contributed by atoms with van der Waals surface area (Å²) in [6.07, 6.45) is 3.69. The van der Waals surface area contributed by atoms with Crippen LogP contribution in [0.2, 0.25) is 0 Å². The molecule has 0 aromatic heterocycles. The normalized spacial score (nSPS) is 33.2. The molecule has 1 saturated carbocycles. The average Bonchev–Trinajstić information content (AvgIpc) is 2.83. The van der Waals surface area contributed by atoms with Gasteiger partial charge < -0.3 is 0 Å². The Kier molecular flexibility index (Phi) is 1.08. The van der Waals surface area contributed by atoms with E-state index in [1.165, 1.54) is 12.0 Å². The van der Waals surface area contributed by atoms with Crippen molar-refractivity contribution >= 4 is 5.57 Å². The van der Waals surface area contributed by atoms with Gasteiger partial charge in [0.05, 0.1) is 0 Å². The van der Waals surface area contributed by atoms with Crippen molar-refractivity contribution in [3.05, 3.63) is 41.5 Å². The maximum atomic E-state index is 2.29. The molecule has 2 aliphatic rings. The van der Waals surface area contributed by atoms with Gasteiger partial charge in [-0.25, -0.2) is 0 Å². The Bertz CT molecular complexity index is 360. The molecular formula is C12H12. The maximum Gasteiger partial charge on any atom is -0.00807 e. The molecule has 1 aromatic rings. The van der Waals surface area contributed by atoms with E-state index in [2.05, 4.69) is 37.3 Å². The summed E-state index contributed by atoms with van der Waals surface area (Å²) in [6.45, 7) is 2.16. The van der Waals surface area contributed by atoms with Crippen molar-refractivity contribution in [3.63, 3.8) is 0 Å². The molecule has 0 nitrogen and oxygen atoms in total. The Balaban J connectivity index is 2.25. The molecule has 0 heterocycles. The Morgan fingerprint density at radius 3 is 2.92 bits per heavy atom. The van der Waals surface area contributed by atoms with Crippen LogP contribution in [0.4, 0.5) is 0 Å². The van der Waals surface area contributed by atoms with Crippen LogP contribution in [0.1, 0.15) is 30.4 Å². The summed E-state index contributed by atoms with van der Waals surface area (Å²) in [5.74, 6) is 1.76. The fourth-order valence-corrected chi connectivity index (χ4v) is 2.53. The molecule has 0 N–H and O–H groups in total. The van der Waals surface area contributed by atoms with Crippen LogP contribution in [0.25, 0.3) is 5.57 Å². The maximum absolute atomic E-state index is 2.29. The molecule has 2 atom stereocenters. The Morgan fingerprint density at radius 1 is 1.25 bits per heavy atom. The summed E-state index contributed by atoms with van der Waals surface area (Å²) in [7, 11) is 0. The highest BCUT2D eigenvalue weighted by molar-refractivity contribution is 5.79. The first-order valence-corrected chi connectivity index (χ1v) is 4.67. The van der Waals surface area contributed by atoms with Crippen LogP contribution in [0.15, 0.2) is 30.3 Å². The molecule has 3 rings (SSSR count). The van der Waals surface area contributed by atoms with Crippen molar-refractivity contribution in [1.29, 1.82) is 0 Å². The van der Waals surface area contributed by atoms with Gasteiger partial charge in [-0.2, -0.15) is 0 Å². The minimum atomic E-state index is 0.882. The molecule has 0 amide bonds. The van der Waals surface area contributed by atoms with Gasteiger partial charge in [-0.3, -0.25) is 0 Å². The third-order valence-electron chi connectivity index (χ3n) is 3.17. The summed E-state index contributed by atoms with van der Waals surface area (Å²) in [5.41, 5.74) is 4.70. The van der Waals surface area contributed by atoms with E-state index in [1.54, 1.807) is 11.1 Å². The summed E-state index contributed by atoms with van der Waals surface area (Å²) < 4.78 is 0. The molecule has 12 heavy (non-hydrogen) atoms. The molecule has 1 fully saturated rings. The highest BCUT2D eigenvalue weighted by Crippen LogP contribution is 2.62. The van der Waals surface area contributed by atoms with Crippen molar-refractivity contribution < 1.29 is 0 Å². The van der Waals surface area contributed by atoms with Crippen molar-refractivity contribution in [2.75, 3.05) is 0 Å². The van der Waals surface area contributed by atoms with Crippen LogP contribution in [0.3, 0.4) is 0 Å². The SMILES string of the molecule is C/C=C1/c2ccccc2[C@@H]2C[C@H]12. The summed E-state index contributed by atoms with van der Waals surface area (Å²) in [6, 6.07) is 8.85. The molecule has 2 aliphatic carbocycles. The van der Waals surface area contributed by atoms with Crippen molar-refractivity contribution in [2.45, 2.75) is 19.3 Å². The van der Waals surface area contributed by atoms with Gasteiger partial charge in [0.15, 0.2) is 0 Å². The number of hydrogen-bond donors (Lipinski definition) is 0. The zero-order chi connectivity index (χ0) is 8.13. The molecule has 0 heteroatoms. The van der Waals surface area contributed by atoms with E-state index in [1.807, 2.05) is 0 Å². The molecule has 0 bridgehead atoms. The minimum Gasteiger partial charge on any atom is -0.0835 e. The van der Waals surface area contributed by atoms with Crippen LogP contribution in [0, 0.1) is 5.92 Å². The van der Waals surface area contributed by atoms with Gasteiger partial charge in [0, 0.05) is 0 Å². The van der Waals surface area contributed by atoms with E-state index < -0.39 is 0 Å². The Morgan fingerprint density at radius 2 is 2.08 bits per heavy atom. The molecule has 60 valence electrons. The number of rotatable bonds is 0. The van der Waals surface area contributed by atoms with E-state index in [4.69, 9.17) is 0 Å². The molecule has 0 aliphatic heterocycles. The van der Waals surface area contributed by atoms with Gasteiger partial charge in [-0.1, -0.05) is 30.3 Å². The predicted molar refractivity (Wildman–Crippen MR) is 50.9 cm³/mol. The van der Waals surface area contributed by atoms with Crippen LogP contribution >= 0.6 is 0 Å². The number of hydrogen-bond acceptors (Lipinski definition) is 0. The van der Waals surface area contributed by atoms with E-state index in [-0.39, 0.29) is 0 Å². The third kappa shape index (κ3) is 0.632. The fraction of sp³-hybridized carbons (Fsp3) is 0.333. The quantitative estimate of drug-likeness (QED) is 0.541. The average molecular weight is 156 g/mol. The molecular weight excluding hydrogens is 144 g/mol. The Labute approximate surface area is 72.9 Å². The second kappa shape index (κ2) is 2.01. The molecule has 0 radical (unpaired) electrons. The van der Waals surface area contributed by atoms with Crippen LogP contribution < -0.4 is 0 Å². The van der Waals surface area contributed by atoms with Crippen molar-refractivity contribution in [2.24, 2.45) is 5.92 Å². The summed E-state index contributed by atoms with van der Waals surface area (Å²) in [4.78, 5) is 0. The van der Waals surface area contributed by atoms with Gasteiger partial charge in [0.25, 0.3) is 0 Å². The lowest BCUT2D eigenvalue weighted by atomic mass is 10.0. The molecule has 0 unspecified atom stereocenters. The monoisotopic (exact) mass is 156 g/mol. The van der Waals surface area contributed by atoms with E-state index in [0.29, 0.717) is 0 Å². The predicted octanol–water partition coefficient (Wildman–Crippen LogP) is 3.21. The van der Waals surface area contributed by atoms with Gasteiger partial charge in [-0.05, 0) is 41.9 Å². The molecule has 1 aromatic carbocycles. The van der Waals surface area contributed by atoms with Gasteiger partial charge in [0.2, 0.25) is 0 Å². The number of allylic oxidation sites excluding steroid dienone is 2. The second-order valence-electron chi connectivity index (χ2n) is 3.78. The number of benzene rings is 1. The zero-order valence-corrected chi connectivity index (χ0v) is 7.25. The molecule has 0 spiro atoms. The number of fused-ring (bicyclic) bond motifs is 3. The van der Waals surface area contributed by atoms with Crippen LogP contribution in [-0.4, -0.2) is 0 Å². The van der Waals surface area contributed by atoms with Gasteiger partial charge in [-0.15, -0.1) is 0 Å². The van der Waals surface area contributed by atoms with E-state index in [0.717, 1.165) is 11.8 Å². The highest BCUT2D eigenvalue weighted by Gasteiger charge is 2.47. The Hall–Kier alpha value is -1.04. The topological polar surface area (TPSA) is 0 Å². The lowest BCUT2D eigenvalue weighted by Gasteiger charge is -2.03. The third-order valence-corrected chi connectivity index (χ3v) is 3.17. The lowest BCUT2D eigenvalue weighted by molar-refractivity contribution is 1.09. The first-order valence-electron chi connectivity index (χ1n) is 4.67. The zero-order valence-electron chi connectivity index (χ0n) is 7.25.